The summed E-state index contributed by atoms with van der Waals surface area (Å²) in [7, 11) is 0. The van der Waals surface area contributed by atoms with Crippen molar-refractivity contribution in [3.05, 3.63) is 0 Å². The molecule has 0 amide bonds. The minimum Gasteiger partial charge on any atom is -0.547 e. The molecule has 4 N–H and O–H groups in total. The Labute approximate surface area is 122 Å². The summed E-state index contributed by atoms with van der Waals surface area (Å²) in [5.74, 6) is -2.01. The second kappa shape index (κ2) is 7.85. The second-order valence-corrected chi connectivity index (χ2v) is 2.37. The van der Waals surface area contributed by atoms with E-state index in [0.717, 1.165) is 0 Å². The van der Waals surface area contributed by atoms with Crippen LogP contribution in [0.1, 0.15) is 0 Å². The van der Waals surface area contributed by atoms with E-state index in [1.807, 2.05) is 0 Å². The number of hydrogen-bond donors (Lipinski definition) is 4. The van der Waals surface area contributed by atoms with Crippen molar-refractivity contribution >= 4 is 12.3 Å². The van der Waals surface area contributed by atoms with Crippen molar-refractivity contribution in [2.75, 3.05) is 0 Å². The number of hydrogen-bond acceptors (Lipinski definition) is 7. The van der Waals surface area contributed by atoms with E-state index in [4.69, 9.17) is 20.4 Å². The maximum atomic E-state index is 9.95. The topological polar surface area (TPSA) is 138 Å². The first-order chi connectivity index (χ1) is 5.91. The van der Waals surface area contributed by atoms with Gasteiger partial charge in [0.25, 0.3) is 0 Å². The molecule has 0 aliphatic heterocycles. The molecular weight excluding hydrogens is 223 g/mol. The molecule has 0 unspecified atom stereocenters. The zero-order chi connectivity index (χ0) is 10.6. The maximum absolute atomic E-state index is 9.95. The van der Waals surface area contributed by atoms with Gasteiger partial charge in [0.2, 0.25) is 0 Å². The van der Waals surface area contributed by atoms with Crippen molar-refractivity contribution in [3.63, 3.8) is 0 Å². The van der Waals surface area contributed by atoms with E-state index < -0.39 is 30.4 Å². The fourth-order valence-corrected chi connectivity index (χ4v) is 0.609. The Kier molecular flexibility index (Phi) is 9.55. The minimum absolute atomic E-state index is 0. The number of carbonyl (C=O) groups is 2. The summed E-state index contributed by atoms with van der Waals surface area (Å²) in [6, 6.07) is 0. The molecule has 14 heavy (non-hydrogen) atoms. The average molecular weight is 232 g/mol. The number of carboxylic acid groups (broad SMARTS) is 1. The average Bonchev–Trinajstić information content (AvgIpc) is 2.12. The van der Waals surface area contributed by atoms with Crippen LogP contribution in [0.5, 0.6) is 0 Å². The van der Waals surface area contributed by atoms with E-state index in [2.05, 4.69) is 0 Å². The summed E-state index contributed by atoms with van der Waals surface area (Å²) in [5, 5.41) is 44.8. The number of aliphatic hydroxyl groups excluding tert-OH is 4. The fraction of sp³-hybridized carbons (Fsp3) is 0.667. The van der Waals surface area contributed by atoms with Gasteiger partial charge in [0.15, 0.2) is 6.29 Å². The fourth-order valence-electron chi connectivity index (χ4n) is 0.609. The third kappa shape index (κ3) is 4.91. The molecule has 0 aliphatic carbocycles. The SMILES string of the molecule is O=C[C@H](O)[C@H](O)[C@H](O)[C@H](O)C(=O)[O-].[K+]. The molecule has 0 heterocycles. The van der Waals surface area contributed by atoms with Crippen molar-refractivity contribution in [3.8, 4) is 0 Å². The van der Waals surface area contributed by atoms with Gasteiger partial charge in [-0.25, -0.2) is 0 Å². The molecule has 0 bridgehead atoms. The third-order valence-corrected chi connectivity index (χ3v) is 1.40. The van der Waals surface area contributed by atoms with Crippen LogP contribution in [0.25, 0.3) is 0 Å². The molecule has 0 saturated heterocycles. The number of aliphatic carboxylic acids is 1. The van der Waals surface area contributed by atoms with Crippen LogP contribution in [-0.4, -0.2) is 57.1 Å². The van der Waals surface area contributed by atoms with Gasteiger partial charge >= 0.3 is 51.4 Å². The van der Waals surface area contributed by atoms with Crippen LogP contribution in [0.4, 0.5) is 0 Å². The van der Waals surface area contributed by atoms with Gasteiger partial charge in [0.1, 0.15) is 24.4 Å². The maximum Gasteiger partial charge on any atom is 1.00 e. The summed E-state index contributed by atoms with van der Waals surface area (Å²) in [5.41, 5.74) is 0. The first-order valence-corrected chi connectivity index (χ1v) is 3.30. The quantitative estimate of drug-likeness (QED) is 0.273. The van der Waals surface area contributed by atoms with Crippen molar-refractivity contribution < 1.29 is 86.5 Å². The first kappa shape index (κ1) is 17.0. The van der Waals surface area contributed by atoms with E-state index in [1.54, 1.807) is 0 Å². The molecule has 7 nitrogen and oxygen atoms in total. The number of carbonyl (C=O) groups excluding carboxylic acids is 2. The van der Waals surface area contributed by atoms with Crippen LogP contribution in [0, 0.1) is 0 Å². The summed E-state index contributed by atoms with van der Waals surface area (Å²) >= 11 is 0. The number of rotatable bonds is 5. The summed E-state index contributed by atoms with van der Waals surface area (Å²) in [4.78, 5) is 19.8. The Balaban J connectivity index is 0. The molecule has 8 heteroatoms. The summed E-state index contributed by atoms with van der Waals surface area (Å²) < 4.78 is 0. The van der Waals surface area contributed by atoms with Crippen LogP contribution in [0.2, 0.25) is 0 Å². The monoisotopic (exact) mass is 232 g/mol. The largest absolute Gasteiger partial charge is 1.00 e. The normalized spacial score (nSPS) is 18.6. The number of aldehydes is 1. The molecule has 0 saturated carbocycles. The van der Waals surface area contributed by atoms with Gasteiger partial charge in [0.05, 0.1) is 5.97 Å². The Bertz CT molecular complexity index is 197. The molecular formula is C6H9KO7. The van der Waals surface area contributed by atoms with Gasteiger partial charge in [-0.2, -0.15) is 0 Å². The van der Waals surface area contributed by atoms with Crippen molar-refractivity contribution in [2.45, 2.75) is 24.4 Å². The Morgan fingerprint density at radius 2 is 1.57 bits per heavy atom. The van der Waals surface area contributed by atoms with Crippen molar-refractivity contribution in [1.29, 1.82) is 0 Å². The van der Waals surface area contributed by atoms with Gasteiger partial charge in [-0.1, -0.05) is 0 Å². The molecule has 0 aromatic rings. The molecule has 0 spiro atoms. The van der Waals surface area contributed by atoms with E-state index >= 15 is 0 Å². The zero-order valence-electron chi connectivity index (χ0n) is 7.40. The van der Waals surface area contributed by atoms with Crippen molar-refractivity contribution in [1.82, 2.24) is 0 Å². The van der Waals surface area contributed by atoms with E-state index in [9.17, 15) is 14.7 Å². The first-order valence-electron chi connectivity index (χ1n) is 3.30. The predicted molar refractivity (Wildman–Crippen MR) is 35.1 cm³/mol. The standard InChI is InChI=1S/C6H10O7.K/c7-1-2(8)3(9)4(10)5(11)6(12)13;/h1-5,8-11H,(H,12,13);/q;+1/p-1/t2-,3-,4-,5-;/m0./s1. The van der Waals surface area contributed by atoms with Crippen LogP contribution in [-0.2, 0) is 9.59 Å². The molecule has 0 rings (SSSR count). The molecule has 0 radical (unpaired) electrons. The van der Waals surface area contributed by atoms with E-state index in [-0.39, 0.29) is 57.7 Å². The van der Waals surface area contributed by atoms with E-state index in [1.165, 1.54) is 0 Å². The number of aliphatic hydroxyl groups is 4. The van der Waals surface area contributed by atoms with Crippen LogP contribution < -0.4 is 56.5 Å². The second-order valence-electron chi connectivity index (χ2n) is 2.37. The van der Waals surface area contributed by atoms with Crippen molar-refractivity contribution in [2.24, 2.45) is 0 Å². The molecule has 0 fully saturated rings. The molecule has 0 aromatic carbocycles. The van der Waals surface area contributed by atoms with Crippen LogP contribution in [0.15, 0.2) is 0 Å². The summed E-state index contributed by atoms with van der Waals surface area (Å²) in [6.07, 6.45) is -8.65. The number of carboxylic acids is 1. The Morgan fingerprint density at radius 1 is 1.14 bits per heavy atom. The Hall–Kier alpha value is 0.616. The molecule has 0 aromatic heterocycles. The third-order valence-electron chi connectivity index (χ3n) is 1.40. The van der Waals surface area contributed by atoms with Gasteiger partial charge in [-0.3, -0.25) is 0 Å². The van der Waals surface area contributed by atoms with Gasteiger partial charge < -0.3 is 35.1 Å². The molecule has 76 valence electrons. The molecule has 4 atom stereocenters. The minimum atomic E-state index is -2.36. The molecule has 0 aliphatic rings. The predicted octanol–water partition coefficient (Wildman–Crippen LogP) is -7.62. The van der Waals surface area contributed by atoms with Crippen LogP contribution in [0.3, 0.4) is 0 Å². The van der Waals surface area contributed by atoms with Gasteiger partial charge in [-0.15, -0.1) is 0 Å². The van der Waals surface area contributed by atoms with Crippen LogP contribution >= 0.6 is 0 Å². The van der Waals surface area contributed by atoms with Gasteiger partial charge in [-0.05, 0) is 0 Å². The Morgan fingerprint density at radius 3 is 1.86 bits per heavy atom. The van der Waals surface area contributed by atoms with E-state index in [0.29, 0.717) is 0 Å². The van der Waals surface area contributed by atoms with Gasteiger partial charge in [0, 0.05) is 0 Å². The summed E-state index contributed by atoms with van der Waals surface area (Å²) in [6.45, 7) is 0. The smallest absolute Gasteiger partial charge is 0.547 e. The zero-order valence-corrected chi connectivity index (χ0v) is 10.5.